The molecule has 0 bridgehead atoms. The van der Waals surface area contributed by atoms with Crippen LogP contribution in [0.4, 0.5) is 9.59 Å². The Morgan fingerprint density at radius 1 is 0.667 bits per heavy atom. The van der Waals surface area contributed by atoms with Crippen LogP contribution in [0.2, 0.25) is 0 Å². The highest BCUT2D eigenvalue weighted by atomic mass is 16.6. The van der Waals surface area contributed by atoms with Gasteiger partial charge < -0.3 is 29.6 Å². The summed E-state index contributed by atoms with van der Waals surface area (Å²) in [5, 5.41) is 12.8. The molecular formula is C26H44N8O8. The molecule has 0 aliphatic heterocycles. The standard InChI is InChI=1S/2C13H22N4O4/c2*1-13(2,3)21-12(19)15-9-6-5-8(11(18)20-4)7-10(9)16-17-14/h2*8-10H,5-7H2,1-4H3,(H,15,19)/t8-,9+,10+;8-,9+,10-/m11/s1. The van der Waals surface area contributed by atoms with Crippen molar-refractivity contribution in [2.24, 2.45) is 22.1 Å². The van der Waals surface area contributed by atoms with Crippen LogP contribution in [0.1, 0.15) is 80.1 Å². The number of azide groups is 2. The van der Waals surface area contributed by atoms with Gasteiger partial charge in [-0.3, -0.25) is 9.59 Å². The van der Waals surface area contributed by atoms with Crippen LogP contribution in [0, 0.1) is 11.8 Å². The Morgan fingerprint density at radius 2 is 1.00 bits per heavy atom. The Balaban J connectivity index is 0.000000420. The number of methoxy groups -OCH3 is 2. The molecule has 2 saturated carbocycles. The first kappa shape index (κ1) is 36.1. The first-order valence-electron chi connectivity index (χ1n) is 13.8. The number of nitrogens with zero attached hydrogens (tertiary/aromatic N) is 6. The first-order valence-corrected chi connectivity index (χ1v) is 13.8. The number of amides is 2. The zero-order valence-electron chi connectivity index (χ0n) is 25.7. The fraction of sp³-hybridized carbons (Fsp3) is 0.846. The quantitative estimate of drug-likeness (QED) is 0.138. The summed E-state index contributed by atoms with van der Waals surface area (Å²) < 4.78 is 19.8. The van der Waals surface area contributed by atoms with E-state index in [2.05, 4.69) is 30.7 Å². The summed E-state index contributed by atoms with van der Waals surface area (Å²) in [7, 11) is 2.66. The Morgan fingerprint density at radius 3 is 1.26 bits per heavy atom. The number of hydrogen-bond donors (Lipinski definition) is 2. The maximum absolute atomic E-state index is 11.8. The Bertz CT molecular complexity index is 962. The van der Waals surface area contributed by atoms with Gasteiger partial charge >= 0.3 is 24.1 Å². The number of carbonyl (C=O) groups is 4. The molecule has 0 unspecified atom stereocenters. The second kappa shape index (κ2) is 16.5. The van der Waals surface area contributed by atoms with Gasteiger partial charge in [-0.2, -0.15) is 0 Å². The first-order chi connectivity index (χ1) is 19.5. The molecule has 236 valence electrons. The van der Waals surface area contributed by atoms with Crippen molar-refractivity contribution in [1.29, 1.82) is 0 Å². The lowest BCUT2D eigenvalue weighted by molar-refractivity contribution is -0.147. The highest BCUT2D eigenvalue weighted by Crippen LogP contribution is 2.29. The van der Waals surface area contributed by atoms with Crippen molar-refractivity contribution in [3.05, 3.63) is 20.9 Å². The summed E-state index contributed by atoms with van der Waals surface area (Å²) in [6.45, 7) is 10.6. The minimum absolute atomic E-state index is 0.304. The molecule has 0 radical (unpaired) electrons. The van der Waals surface area contributed by atoms with Gasteiger partial charge in [0.25, 0.3) is 0 Å². The molecule has 2 fully saturated rings. The third-order valence-corrected chi connectivity index (χ3v) is 6.51. The molecule has 2 rings (SSSR count). The number of alkyl carbamates (subject to hydrolysis) is 2. The van der Waals surface area contributed by atoms with Gasteiger partial charge in [-0.1, -0.05) is 10.2 Å². The van der Waals surface area contributed by atoms with Crippen molar-refractivity contribution in [1.82, 2.24) is 10.6 Å². The van der Waals surface area contributed by atoms with Crippen molar-refractivity contribution in [3.63, 3.8) is 0 Å². The normalized spacial score (nSPS) is 25.4. The maximum atomic E-state index is 11.8. The van der Waals surface area contributed by atoms with Crippen LogP contribution in [0.3, 0.4) is 0 Å². The summed E-state index contributed by atoms with van der Waals surface area (Å²) in [6, 6.07) is -1.64. The second-order valence-electron chi connectivity index (χ2n) is 12.1. The highest BCUT2D eigenvalue weighted by molar-refractivity contribution is 5.73. The molecule has 16 heteroatoms. The smallest absolute Gasteiger partial charge is 0.407 e. The van der Waals surface area contributed by atoms with E-state index in [1.54, 1.807) is 41.5 Å². The van der Waals surface area contributed by atoms with Crippen molar-refractivity contribution in [2.45, 2.75) is 115 Å². The largest absolute Gasteiger partial charge is 0.469 e. The van der Waals surface area contributed by atoms with Crippen molar-refractivity contribution in [2.75, 3.05) is 14.2 Å². The van der Waals surface area contributed by atoms with Crippen molar-refractivity contribution >= 4 is 24.1 Å². The van der Waals surface area contributed by atoms with E-state index in [0.29, 0.717) is 38.5 Å². The predicted molar refractivity (Wildman–Crippen MR) is 151 cm³/mol. The summed E-state index contributed by atoms with van der Waals surface area (Å²) in [5.41, 5.74) is 16.1. The zero-order chi connectivity index (χ0) is 32.1. The maximum Gasteiger partial charge on any atom is 0.407 e. The average molecular weight is 597 g/mol. The van der Waals surface area contributed by atoms with Crippen LogP contribution in [-0.4, -0.2) is 73.7 Å². The molecule has 2 amide bonds. The van der Waals surface area contributed by atoms with Crippen LogP contribution in [0.5, 0.6) is 0 Å². The van der Waals surface area contributed by atoms with Gasteiger partial charge in [0.05, 0.1) is 38.1 Å². The fourth-order valence-electron chi connectivity index (χ4n) is 4.70. The molecule has 0 aromatic rings. The van der Waals surface area contributed by atoms with Crippen LogP contribution >= 0.6 is 0 Å². The second-order valence-corrected chi connectivity index (χ2v) is 12.1. The van der Waals surface area contributed by atoms with Crippen LogP contribution in [0.25, 0.3) is 20.9 Å². The lowest BCUT2D eigenvalue weighted by Gasteiger charge is -2.33. The van der Waals surface area contributed by atoms with E-state index in [1.807, 2.05) is 0 Å². The third kappa shape index (κ3) is 13.2. The molecule has 0 aromatic carbocycles. The van der Waals surface area contributed by atoms with Gasteiger partial charge in [-0.05, 0) is 91.1 Å². The van der Waals surface area contributed by atoms with Gasteiger partial charge in [0.1, 0.15) is 11.2 Å². The lowest BCUT2D eigenvalue weighted by Crippen LogP contribution is -2.48. The minimum Gasteiger partial charge on any atom is -0.469 e. The van der Waals surface area contributed by atoms with Gasteiger partial charge in [0.2, 0.25) is 0 Å². The summed E-state index contributed by atoms with van der Waals surface area (Å²) in [5.74, 6) is -1.24. The zero-order valence-corrected chi connectivity index (χ0v) is 25.7. The average Bonchev–Trinajstić information content (AvgIpc) is 2.88. The number of carbonyl (C=O) groups excluding carboxylic acids is 4. The summed E-state index contributed by atoms with van der Waals surface area (Å²) in [6.07, 6.45) is 1.82. The molecule has 0 aromatic heterocycles. The summed E-state index contributed by atoms with van der Waals surface area (Å²) in [4.78, 5) is 52.3. The topological polar surface area (TPSA) is 227 Å². The number of hydrogen-bond acceptors (Lipinski definition) is 10. The molecule has 0 saturated heterocycles. The summed E-state index contributed by atoms with van der Waals surface area (Å²) >= 11 is 0. The Labute approximate surface area is 245 Å². The van der Waals surface area contributed by atoms with E-state index in [1.165, 1.54) is 14.2 Å². The van der Waals surface area contributed by atoms with Crippen LogP contribution in [-0.2, 0) is 28.5 Å². The molecule has 2 aliphatic rings. The number of nitrogens with one attached hydrogen (secondary N) is 2. The minimum atomic E-state index is -0.596. The molecule has 0 heterocycles. The molecular weight excluding hydrogens is 552 g/mol. The number of ether oxygens (including phenoxy) is 4. The van der Waals surface area contributed by atoms with Gasteiger partial charge in [-0.25, -0.2) is 9.59 Å². The Kier molecular flexibility index (Phi) is 14.2. The molecule has 42 heavy (non-hydrogen) atoms. The molecule has 6 atom stereocenters. The number of esters is 2. The van der Waals surface area contributed by atoms with Crippen molar-refractivity contribution < 1.29 is 38.1 Å². The van der Waals surface area contributed by atoms with Gasteiger partial charge in [-0.15, -0.1) is 0 Å². The lowest BCUT2D eigenvalue weighted by atomic mass is 9.82. The van der Waals surface area contributed by atoms with Crippen molar-refractivity contribution in [3.8, 4) is 0 Å². The fourth-order valence-corrected chi connectivity index (χ4v) is 4.70. The van der Waals surface area contributed by atoms with Gasteiger partial charge in [0, 0.05) is 21.9 Å². The highest BCUT2D eigenvalue weighted by Gasteiger charge is 2.36. The van der Waals surface area contributed by atoms with E-state index >= 15 is 0 Å². The van der Waals surface area contributed by atoms with E-state index in [4.69, 9.17) is 30.0 Å². The monoisotopic (exact) mass is 596 g/mol. The van der Waals surface area contributed by atoms with E-state index in [-0.39, 0.29) is 35.9 Å². The molecule has 16 nitrogen and oxygen atoms in total. The Hall–Kier alpha value is -3.90. The number of rotatable bonds is 6. The van der Waals surface area contributed by atoms with E-state index in [9.17, 15) is 19.2 Å². The van der Waals surface area contributed by atoms with E-state index < -0.39 is 35.5 Å². The predicted octanol–water partition coefficient (Wildman–Crippen LogP) is 5.06. The van der Waals surface area contributed by atoms with Gasteiger partial charge in [0.15, 0.2) is 0 Å². The molecule has 0 spiro atoms. The van der Waals surface area contributed by atoms with Crippen LogP contribution in [0.15, 0.2) is 10.2 Å². The SMILES string of the molecule is COC(=O)[C@@H]1CC[C@H](NC(=O)OC(C)(C)C)[C@@H](N=[N+]=[N-])C1.COC(=O)[C@@H]1CC[C@H](NC(=O)OC(C)(C)C)[C@H](N=[N+]=[N-])C1. The molecule has 2 aliphatic carbocycles. The van der Waals surface area contributed by atoms with Crippen LogP contribution < -0.4 is 10.6 Å². The van der Waals surface area contributed by atoms with E-state index in [0.717, 1.165) is 0 Å². The third-order valence-electron chi connectivity index (χ3n) is 6.51. The molecule has 2 N–H and O–H groups in total.